The molecule has 5 rings (SSSR count). The highest BCUT2D eigenvalue weighted by atomic mass is 16.5. The predicted molar refractivity (Wildman–Crippen MR) is 149 cm³/mol. The van der Waals surface area contributed by atoms with Gasteiger partial charge >= 0.3 is 5.97 Å². The van der Waals surface area contributed by atoms with E-state index in [-0.39, 0.29) is 17.1 Å². The Kier molecular flexibility index (Phi) is 7.32. The molecule has 1 aromatic heterocycles. The number of carboxylic acid groups (broad SMARTS) is 1. The van der Waals surface area contributed by atoms with Gasteiger partial charge in [-0.3, -0.25) is 4.79 Å². The van der Waals surface area contributed by atoms with E-state index in [2.05, 4.69) is 12.1 Å². The first-order valence-electron chi connectivity index (χ1n) is 12.4. The molecule has 0 aliphatic rings. The number of nitrogens with zero attached hydrogens (tertiary/aromatic N) is 1. The molecule has 7 nitrogen and oxygen atoms in total. The summed E-state index contributed by atoms with van der Waals surface area (Å²) >= 11 is 0. The maximum atomic E-state index is 13.9. The molecule has 0 aliphatic carbocycles. The Morgan fingerprint density at radius 1 is 0.769 bits per heavy atom. The van der Waals surface area contributed by atoms with E-state index in [1.54, 1.807) is 56.7 Å². The lowest BCUT2D eigenvalue weighted by Gasteiger charge is -2.13. The van der Waals surface area contributed by atoms with Crippen LogP contribution in [0, 0.1) is 0 Å². The molecule has 1 N–H and O–H groups in total. The summed E-state index contributed by atoms with van der Waals surface area (Å²) in [7, 11) is 3.09. The van der Waals surface area contributed by atoms with Crippen molar-refractivity contribution in [1.82, 2.24) is 4.57 Å². The molecule has 39 heavy (non-hydrogen) atoms. The molecule has 0 spiro atoms. The van der Waals surface area contributed by atoms with Crippen LogP contribution in [-0.4, -0.2) is 35.6 Å². The number of aromatic carboxylic acids is 1. The molecule has 1 heterocycles. The monoisotopic (exact) mass is 521 g/mol. The molecule has 5 aromatic rings. The fourth-order valence-corrected chi connectivity index (χ4v) is 4.56. The van der Waals surface area contributed by atoms with E-state index in [1.807, 2.05) is 41.0 Å². The van der Waals surface area contributed by atoms with Crippen molar-refractivity contribution in [2.24, 2.45) is 0 Å². The SMILES string of the molecule is COc1cc(OC)cc(C(=O)c2cc3ccc(Oc4ccccc4C(=O)O)cc3n2CCc2ccccc2)c1. The van der Waals surface area contributed by atoms with Crippen LogP contribution in [-0.2, 0) is 13.0 Å². The number of hydrogen-bond donors (Lipinski definition) is 1. The highest BCUT2D eigenvalue weighted by Gasteiger charge is 2.20. The largest absolute Gasteiger partial charge is 0.497 e. The van der Waals surface area contributed by atoms with Crippen LogP contribution in [0.1, 0.15) is 32.0 Å². The second-order valence-electron chi connectivity index (χ2n) is 8.97. The first-order chi connectivity index (χ1) is 19.0. The fraction of sp³-hybridized carbons (Fsp3) is 0.125. The number of carbonyl (C=O) groups is 2. The smallest absolute Gasteiger partial charge is 0.339 e. The van der Waals surface area contributed by atoms with Gasteiger partial charge in [0.1, 0.15) is 28.6 Å². The molecule has 0 atom stereocenters. The minimum atomic E-state index is -1.07. The van der Waals surface area contributed by atoms with Crippen molar-refractivity contribution in [2.45, 2.75) is 13.0 Å². The van der Waals surface area contributed by atoms with Gasteiger partial charge in [0.25, 0.3) is 0 Å². The highest BCUT2D eigenvalue weighted by molar-refractivity contribution is 6.11. The maximum Gasteiger partial charge on any atom is 0.339 e. The zero-order valence-electron chi connectivity index (χ0n) is 21.6. The van der Waals surface area contributed by atoms with Crippen molar-refractivity contribution < 1.29 is 28.9 Å². The Labute approximate surface area is 225 Å². The predicted octanol–water partition coefficient (Wildman–Crippen LogP) is 6.62. The van der Waals surface area contributed by atoms with Crippen molar-refractivity contribution in [3.63, 3.8) is 0 Å². The summed E-state index contributed by atoms with van der Waals surface area (Å²) in [6.45, 7) is 0.546. The summed E-state index contributed by atoms with van der Waals surface area (Å²) in [4.78, 5) is 25.5. The summed E-state index contributed by atoms with van der Waals surface area (Å²) in [5.74, 6) is 0.522. The van der Waals surface area contributed by atoms with E-state index >= 15 is 0 Å². The molecule has 4 aromatic carbocycles. The van der Waals surface area contributed by atoms with Crippen LogP contribution < -0.4 is 14.2 Å². The van der Waals surface area contributed by atoms with Crippen molar-refractivity contribution in [3.8, 4) is 23.0 Å². The second-order valence-corrected chi connectivity index (χ2v) is 8.97. The molecule has 0 saturated heterocycles. The Morgan fingerprint density at radius 3 is 2.15 bits per heavy atom. The molecule has 0 saturated carbocycles. The van der Waals surface area contributed by atoms with Gasteiger partial charge in [0.2, 0.25) is 5.78 Å². The van der Waals surface area contributed by atoms with Gasteiger partial charge < -0.3 is 23.9 Å². The van der Waals surface area contributed by atoms with Crippen LogP contribution in [0.15, 0.2) is 97.1 Å². The van der Waals surface area contributed by atoms with Crippen LogP contribution in [0.25, 0.3) is 10.9 Å². The Hall–Kier alpha value is -5.04. The van der Waals surface area contributed by atoms with Crippen LogP contribution in [0.2, 0.25) is 0 Å². The van der Waals surface area contributed by atoms with Gasteiger partial charge in [0, 0.05) is 29.6 Å². The third kappa shape index (κ3) is 5.48. The third-order valence-corrected chi connectivity index (χ3v) is 6.53. The number of carboxylic acids is 1. The molecule has 196 valence electrons. The summed E-state index contributed by atoms with van der Waals surface area (Å²) < 4.78 is 18.7. The minimum absolute atomic E-state index is 0.0693. The Bertz CT molecular complexity index is 1630. The number of fused-ring (bicyclic) bond motifs is 1. The first kappa shape index (κ1) is 25.6. The van der Waals surface area contributed by atoms with Crippen molar-refractivity contribution >= 4 is 22.7 Å². The average Bonchev–Trinajstić information content (AvgIpc) is 3.33. The topological polar surface area (TPSA) is 87.0 Å². The van der Waals surface area contributed by atoms with Crippen molar-refractivity contribution in [1.29, 1.82) is 0 Å². The lowest BCUT2D eigenvalue weighted by molar-refractivity contribution is 0.0694. The molecular formula is C32H27NO6. The van der Waals surface area contributed by atoms with Gasteiger partial charge in [-0.15, -0.1) is 0 Å². The molecular weight excluding hydrogens is 494 g/mol. The van der Waals surface area contributed by atoms with Gasteiger partial charge in [-0.1, -0.05) is 42.5 Å². The van der Waals surface area contributed by atoms with Gasteiger partial charge in [-0.2, -0.15) is 0 Å². The maximum absolute atomic E-state index is 13.9. The lowest BCUT2D eigenvalue weighted by atomic mass is 10.1. The number of aromatic nitrogens is 1. The number of hydrogen-bond acceptors (Lipinski definition) is 5. The van der Waals surface area contributed by atoms with Crippen LogP contribution in [0.5, 0.6) is 23.0 Å². The number of ketones is 1. The normalized spacial score (nSPS) is 10.8. The molecule has 0 fully saturated rings. The molecule has 0 radical (unpaired) electrons. The van der Waals surface area contributed by atoms with E-state index in [4.69, 9.17) is 14.2 Å². The van der Waals surface area contributed by atoms with E-state index in [1.165, 1.54) is 6.07 Å². The molecule has 0 amide bonds. The number of ether oxygens (including phenoxy) is 3. The fourth-order valence-electron chi connectivity index (χ4n) is 4.56. The van der Waals surface area contributed by atoms with E-state index in [9.17, 15) is 14.7 Å². The Morgan fingerprint density at radius 2 is 1.46 bits per heavy atom. The molecule has 0 unspecified atom stereocenters. The number of carbonyl (C=O) groups excluding carboxylic acids is 1. The first-order valence-corrected chi connectivity index (χ1v) is 12.4. The average molecular weight is 522 g/mol. The van der Waals surface area contributed by atoms with Gasteiger partial charge in [-0.25, -0.2) is 4.79 Å². The van der Waals surface area contributed by atoms with Gasteiger partial charge in [-0.05, 0) is 54.4 Å². The number of rotatable bonds is 10. The quantitative estimate of drug-likeness (QED) is 0.208. The Balaban J connectivity index is 1.58. The summed E-state index contributed by atoms with van der Waals surface area (Å²) in [5, 5.41) is 10.4. The van der Waals surface area contributed by atoms with Crippen LogP contribution in [0.4, 0.5) is 0 Å². The number of aryl methyl sites for hydroxylation is 2. The standard InChI is InChI=1S/C32H27NO6/c1-37-25-16-23(17-26(19-25)38-2)31(34)29-18-22-12-13-24(39-30-11-7-6-10-27(30)32(35)36)20-28(22)33(29)15-14-21-8-4-3-5-9-21/h3-13,16-20H,14-15H2,1-2H3,(H,35,36). The summed E-state index contributed by atoms with van der Waals surface area (Å²) in [5.41, 5.74) is 2.97. The van der Waals surface area contributed by atoms with Crippen molar-refractivity contribution in [3.05, 3.63) is 119 Å². The van der Waals surface area contributed by atoms with E-state index < -0.39 is 5.97 Å². The lowest BCUT2D eigenvalue weighted by Crippen LogP contribution is -2.12. The summed E-state index contributed by atoms with van der Waals surface area (Å²) in [6, 6.07) is 29.0. The molecule has 0 aliphatic heterocycles. The molecule has 7 heteroatoms. The highest BCUT2D eigenvalue weighted by Crippen LogP contribution is 2.32. The van der Waals surface area contributed by atoms with Gasteiger partial charge in [0.05, 0.1) is 25.4 Å². The second kappa shape index (κ2) is 11.1. The third-order valence-electron chi connectivity index (χ3n) is 6.53. The van der Waals surface area contributed by atoms with Crippen molar-refractivity contribution in [2.75, 3.05) is 14.2 Å². The zero-order chi connectivity index (χ0) is 27.4. The number of methoxy groups -OCH3 is 2. The molecule has 0 bridgehead atoms. The van der Waals surface area contributed by atoms with Crippen LogP contribution >= 0.6 is 0 Å². The van der Waals surface area contributed by atoms with Crippen LogP contribution in [0.3, 0.4) is 0 Å². The minimum Gasteiger partial charge on any atom is -0.497 e. The number of benzene rings is 4. The van der Waals surface area contributed by atoms with Gasteiger partial charge in [0.15, 0.2) is 0 Å². The zero-order valence-corrected chi connectivity index (χ0v) is 21.6. The van der Waals surface area contributed by atoms with E-state index in [0.29, 0.717) is 41.5 Å². The number of para-hydroxylation sites is 1. The van der Waals surface area contributed by atoms with E-state index in [0.717, 1.165) is 16.5 Å². The summed E-state index contributed by atoms with van der Waals surface area (Å²) in [6.07, 6.45) is 0.708.